The Balaban J connectivity index is 1.94. The third-order valence-corrected chi connectivity index (χ3v) is 5.20. The van der Waals surface area contributed by atoms with Gasteiger partial charge in [0.25, 0.3) is 0 Å². The monoisotopic (exact) mass is 430 g/mol. The Morgan fingerprint density at radius 1 is 1.10 bits per heavy atom. The van der Waals surface area contributed by atoms with E-state index in [2.05, 4.69) is 0 Å². The van der Waals surface area contributed by atoms with Crippen molar-refractivity contribution in [3.8, 4) is 11.4 Å². The molecule has 4 aromatic rings. The molecule has 7 nitrogen and oxygen atoms in total. The van der Waals surface area contributed by atoms with Gasteiger partial charge in [-0.1, -0.05) is 23.7 Å². The number of hydrogen-bond acceptors (Lipinski definition) is 3. The Kier molecular flexibility index (Phi) is 4.84. The van der Waals surface area contributed by atoms with Gasteiger partial charge in [-0.25, -0.2) is 4.57 Å². The fraction of sp³-hybridized carbons (Fsp3) is 0.0500. The largest absolute Gasteiger partial charge is 0.524 e. The molecule has 2 heterocycles. The molecule has 0 aliphatic carbocycles. The number of nitrogens with zero attached hydrogens (tertiary/aromatic N) is 2. The van der Waals surface area contributed by atoms with Gasteiger partial charge >= 0.3 is 7.82 Å². The lowest BCUT2D eigenvalue weighted by molar-refractivity contribution is 0.103. The molecule has 0 saturated carbocycles. The van der Waals surface area contributed by atoms with Gasteiger partial charge in [0.15, 0.2) is 5.75 Å². The first kappa shape index (κ1) is 19.5. The van der Waals surface area contributed by atoms with Crippen LogP contribution in [0.15, 0.2) is 67.0 Å². The predicted octanol–water partition coefficient (Wildman–Crippen LogP) is 4.32. The van der Waals surface area contributed by atoms with Crippen molar-refractivity contribution >= 4 is 36.1 Å². The maximum absolute atomic E-state index is 13.1. The lowest BCUT2D eigenvalue weighted by atomic mass is 10.1. The third kappa shape index (κ3) is 3.73. The molecular formula is C20H16ClN2O5P. The zero-order valence-electron chi connectivity index (χ0n) is 15.2. The van der Waals surface area contributed by atoms with Crippen LogP contribution in [0.1, 0.15) is 16.1 Å². The molecule has 9 heteroatoms. The van der Waals surface area contributed by atoms with Crippen molar-refractivity contribution in [1.29, 1.82) is 0 Å². The first-order valence-corrected chi connectivity index (χ1v) is 10.5. The predicted molar refractivity (Wildman–Crippen MR) is 110 cm³/mol. The van der Waals surface area contributed by atoms with Gasteiger partial charge in [-0.15, -0.1) is 0 Å². The Hall–Kier alpha value is -2.83. The normalized spacial score (nSPS) is 11.7. The van der Waals surface area contributed by atoms with Crippen molar-refractivity contribution in [2.45, 2.75) is 0 Å². The molecule has 0 aliphatic rings. The second-order valence-electron chi connectivity index (χ2n) is 6.46. The van der Waals surface area contributed by atoms with Gasteiger partial charge in [0.2, 0.25) is 5.78 Å². The van der Waals surface area contributed by atoms with E-state index in [1.54, 1.807) is 77.0 Å². The lowest BCUT2D eigenvalue weighted by Crippen LogP contribution is -2.10. The molecule has 0 amide bonds. The Labute approximate surface area is 171 Å². The summed E-state index contributed by atoms with van der Waals surface area (Å²) >= 11 is 6.15. The molecule has 0 bridgehead atoms. The van der Waals surface area contributed by atoms with E-state index >= 15 is 0 Å². The van der Waals surface area contributed by atoms with Crippen molar-refractivity contribution in [1.82, 2.24) is 9.13 Å². The van der Waals surface area contributed by atoms with Gasteiger partial charge in [-0.3, -0.25) is 14.6 Å². The molecular weight excluding hydrogens is 415 g/mol. The van der Waals surface area contributed by atoms with E-state index in [1.807, 2.05) is 0 Å². The molecule has 0 fully saturated rings. The first-order valence-electron chi connectivity index (χ1n) is 8.56. The van der Waals surface area contributed by atoms with Gasteiger partial charge in [-0.05, 0) is 42.5 Å². The van der Waals surface area contributed by atoms with Gasteiger partial charge in [0, 0.05) is 29.2 Å². The van der Waals surface area contributed by atoms with E-state index in [9.17, 15) is 19.1 Å². The fourth-order valence-corrected chi connectivity index (χ4v) is 3.85. The molecule has 29 heavy (non-hydrogen) atoms. The summed E-state index contributed by atoms with van der Waals surface area (Å²) in [5, 5.41) is 0.893. The number of aryl methyl sites for hydroxylation is 1. The maximum atomic E-state index is 13.1. The van der Waals surface area contributed by atoms with Gasteiger partial charge < -0.3 is 13.7 Å². The number of benzene rings is 2. The van der Waals surface area contributed by atoms with Crippen LogP contribution in [0.3, 0.4) is 0 Å². The van der Waals surface area contributed by atoms with Gasteiger partial charge in [0.1, 0.15) is 0 Å². The summed E-state index contributed by atoms with van der Waals surface area (Å²) in [4.78, 5) is 31.7. The Morgan fingerprint density at radius 2 is 1.86 bits per heavy atom. The minimum atomic E-state index is -4.78. The molecule has 2 N–H and O–H groups in total. The van der Waals surface area contributed by atoms with Crippen LogP contribution >= 0.6 is 19.4 Å². The Bertz CT molecular complexity index is 1290. The molecule has 0 radical (unpaired) electrons. The number of phosphoric acid groups is 1. The second kappa shape index (κ2) is 7.21. The van der Waals surface area contributed by atoms with Crippen LogP contribution in [0, 0.1) is 0 Å². The molecule has 4 rings (SSSR count). The minimum Gasteiger partial charge on any atom is -0.402 e. The van der Waals surface area contributed by atoms with Crippen LogP contribution < -0.4 is 4.52 Å². The zero-order chi connectivity index (χ0) is 20.8. The van der Waals surface area contributed by atoms with Crippen molar-refractivity contribution in [3.63, 3.8) is 0 Å². The van der Waals surface area contributed by atoms with E-state index in [0.29, 0.717) is 32.9 Å². The highest BCUT2D eigenvalue weighted by Gasteiger charge is 2.23. The minimum absolute atomic E-state index is 0.00822. The van der Waals surface area contributed by atoms with Crippen molar-refractivity contribution in [2.24, 2.45) is 7.05 Å². The molecule has 0 saturated heterocycles. The highest BCUT2D eigenvalue weighted by Crippen LogP contribution is 2.43. The first-order chi connectivity index (χ1) is 13.7. The van der Waals surface area contributed by atoms with Crippen LogP contribution in [-0.4, -0.2) is 24.7 Å². The van der Waals surface area contributed by atoms with E-state index in [0.717, 1.165) is 0 Å². The number of rotatable bonds is 5. The summed E-state index contributed by atoms with van der Waals surface area (Å²) in [6.45, 7) is 0. The highest BCUT2D eigenvalue weighted by atomic mass is 35.5. The average Bonchev–Trinajstić information content (AvgIpc) is 3.23. The van der Waals surface area contributed by atoms with Gasteiger partial charge in [-0.2, -0.15) is 0 Å². The van der Waals surface area contributed by atoms with Crippen LogP contribution in [0.5, 0.6) is 5.75 Å². The number of phosphoric ester groups is 1. The van der Waals surface area contributed by atoms with Crippen molar-refractivity contribution < 1.29 is 23.7 Å². The van der Waals surface area contributed by atoms with E-state index in [-0.39, 0.29) is 11.5 Å². The van der Waals surface area contributed by atoms with Gasteiger partial charge in [0.05, 0.1) is 23.1 Å². The Morgan fingerprint density at radius 3 is 2.55 bits per heavy atom. The third-order valence-electron chi connectivity index (χ3n) is 4.53. The molecule has 2 aromatic carbocycles. The molecule has 0 spiro atoms. The van der Waals surface area contributed by atoms with Crippen LogP contribution in [-0.2, 0) is 11.6 Å². The molecule has 0 aliphatic heterocycles. The summed E-state index contributed by atoms with van der Waals surface area (Å²) in [6, 6.07) is 15.3. The van der Waals surface area contributed by atoms with E-state index < -0.39 is 7.82 Å². The topological polar surface area (TPSA) is 93.7 Å². The number of fused-ring (bicyclic) bond motifs is 1. The number of halogens is 1. The zero-order valence-corrected chi connectivity index (χ0v) is 16.8. The summed E-state index contributed by atoms with van der Waals surface area (Å²) in [7, 11) is -2.99. The SMILES string of the molecule is Cn1cccc1C(=O)c1ccccc1-n1cc(OP(=O)(O)O)c2ccc(Cl)cc21. The number of ketones is 1. The number of carbonyl (C=O) groups is 1. The fourth-order valence-electron chi connectivity index (χ4n) is 3.28. The average molecular weight is 431 g/mol. The number of carbonyl (C=O) groups excluding carboxylic acids is 1. The number of para-hydroxylation sites is 1. The summed E-state index contributed by atoms with van der Waals surface area (Å²) < 4.78 is 19.6. The lowest BCUT2D eigenvalue weighted by Gasteiger charge is -2.12. The summed E-state index contributed by atoms with van der Waals surface area (Å²) in [5.41, 5.74) is 2.02. The second-order valence-corrected chi connectivity index (χ2v) is 8.06. The maximum Gasteiger partial charge on any atom is 0.524 e. The van der Waals surface area contributed by atoms with Crippen molar-refractivity contribution in [3.05, 3.63) is 83.3 Å². The van der Waals surface area contributed by atoms with E-state index in [4.69, 9.17) is 16.1 Å². The van der Waals surface area contributed by atoms with E-state index in [1.165, 1.54) is 6.20 Å². The molecule has 0 unspecified atom stereocenters. The van der Waals surface area contributed by atoms with Crippen LogP contribution in [0.25, 0.3) is 16.6 Å². The number of hydrogen-bond donors (Lipinski definition) is 2. The number of aromatic nitrogens is 2. The van der Waals surface area contributed by atoms with Crippen LogP contribution in [0.2, 0.25) is 5.02 Å². The quantitative estimate of drug-likeness (QED) is 0.363. The summed E-state index contributed by atoms with van der Waals surface area (Å²) in [5.74, 6) is -0.194. The summed E-state index contributed by atoms with van der Waals surface area (Å²) in [6.07, 6.45) is 3.23. The van der Waals surface area contributed by atoms with Crippen LogP contribution in [0.4, 0.5) is 0 Å². The molecule has 0 atom stereocenters. The molecule has 2 aromatic heterocycles. The standard InChI is InChI=1S/C20H16ClN2O5P/c1-22-10-4-7-17(22)20(24)15-5-2-3-6-16(15)23-12-19(28-29(25,26)27)14-9-8-13(21)11-18(14)23/h2-12H,1H3,(H2,25,26,27). The van der Waals surface area contributed by atoms with Crippen molar-refractivity contribution in [2.75, 3.05) is 0 Å². The molecule has 148 valence electrons. The highest BCUT2D eigenvalue weighted by molar-refractivity contribution is 7.46. The smallest absolute Gasteiger partial charge is 0.402 e.